The summed E-state index contributed by atoms with van der Waals surface area (Å²) in [5, 5.41) is 0. The third-order valence-corrected chi connectivity index (χ3v) is 4.04. The van der Waals surface area contributed by atoms with Crippen LogP contribution in [0.1, 0.15) is 22.8 Å². The minimum Gasteiger partial charge on any atom is -0.355 e. The van der Waals surface area contributed by atoms with Crippen LogP contribution in [0.2, 0.25) is 0 Å². The van der Waals surface area contributed by atoms with Gasteiger partial charge in [-0.3, -0.25) is 0 Å². The van der Waals surface area contributed by atoms with E-state index in [0.717, 1.165) is 44.8 Å². The van der Waals surface area contributed by atoms with Gasteiger partial charge in [0.15, 0.2) is 0 Å². The number of H-pyrrole nitrogens is 2. The third kappa shape index (κ3) is 3.24. The Bertz CT molecular complexity index is 1080. The van der Waals surface area contributed by atoms with Gasteiger partial charge in [0.25, 0.3) is 0 Å². The van der Waals surface area contributed by atoms with E-state index in [9.17, 15) is 0 Å². The zero-order valence-electron chi connectivity index (χ0n) is 13.2. The van der Waals surface area contributed by atoms with Gasteiger partial charge in [0, 0.05) is 22.1 Å². The molecule has 5 rings (SSSR count). The van der Waals surface area contributed by atoms with E-state index in [2.05, 4.69) is 50.3 Å². The summed E-state index contributed by atoms with van der Waals surface area (Å²) in [5.41, 5.74) is 7.86. The molecular weight excluding hydrogens is 397 g/mol. The summed E-state index contributed by atoms with van der Waals surface area (Å²) in [6, 6.07) is 16.4. The molecule has 8 bridgehead atoms. The van der Waals surface area contributed by atoms with Crippen molar-refractivity contribution in [1.82, 2.24) is 19.9 Å². The normalized spacial score (nSPS) is 12.2. The second-order valence-electron chi connectivity index (χ2n) is 5.91. The van der Waals surface area contributed by atoms with Crippen molar-refractivity contribution in [2.45, 2.75) is 0 Å². The number of aromatic amines is 2. The molecule has 3 aromatic heterocycles. The number of rotatable bonds is 0. The fourth-order valence-electron chi connectivity index (χ4n) is 2.94. The summed E-state index contributed by atoms with van der Waals surface area (Å²) in [4.78, 5) is 16.0. The molecule has 25 heavy (non-hydrogen) atoms. The molecule has 5 heterocycles. The van der Waals surface area contributed by atoms with E-state index in [0.29, 0.717) is 0 Å². The standard InChI is InChI=1S/C20H14N4.Ru/c1-2-14-10-16-5-6-18(23-16)12-20-8-7-19(24-20)11-17-4-3-15(22-17)9-13(1)21-14;/h1-12,21-22H;/q;+2. The van der Waals surface area contributed by atoms with Crippen LogP contribution in [-0.2, 0) is 19.5 Å². The quantitative estimate of drug-likeness (QED) is 0.365. The molecule has 4 nitrogen and oxygen atoms in total. The van der Waals surface area contributed by atoms with Crippen molar-refractivity contribution in [1.29, 1.82) is 0 Å². The van der Waals surface area contributed by atoms with E-state index in [4.69, 9.17) is 0 Å². The molecule has 2 aliphatic heterocycles. The number of aromatic nitrogens is 4. The van der Waals surface area contributed by atoms with Crippen LogP contribution in [0.4, 0.5) is 0 Å². The van der Waals surface area contributed by atoms with Crippen molar-refractivity contribution in [2.75, 3.05) is 0 Å². The fourth-order valence-corrected chi connectivity index (χ4v) is 2.94. The van der Waals surface area contributed by atoms with Gasteiger partial charge in [-0.2, -0.15) is 0 Å². The summed E-state index contributed by atoms with van der Waals surface area (Å²) in [7, 11) is 0. The molecular formula is C20H14N4Ru+2. The van der Waals surface area contributed by atoms with E-state index in [1.807, 2.05) is 42.5 Å². The molecule has 3 aromatic rings. The topological polar surface area (TPSA) is 57.4 Å². The minimum absolute atomic E-state index is 0. The number of nitrogens with one attached hydrogen (secondary N) is 2. The Balaban J connectivity index is 0.00000157. The molecule has 0 fully saturated rings. The first-order valence-corrected chi connectivity index (χ1v) is 7.85. The minimum atomic E-state index is 0. The van der Waals surface area contributed by atoms with Crippen molar-refractivity contribution in [3.05, 3.63) is 71.3 Å². The molecule has 0 aromatic carbocycles. The van der Waals surface area contributed by atoms with Gasteiger partial charge in [-0.25, -0.2) is 9.97 Å². The molecule has 0 saturated carbocycles. The van der Waals surface area contributed by atoms with Crippen molar-refractivity contribution < 1.29 is 19.5 Å². The summed E-state index contributed by atoms with van der Waals surface area (Å²) in [5.74, 6) is 0. The summed E-state index contributed by atoms with van der Waals surface area (Å²) in [6.45, 7) is 0. The molecule has 0 unspecified atom stereocenters. The predicted octanol–water partition coefficient (Wildman–Crippen LogP) is 4.65. The molecule has 2 aliphatic rings. The van der Waals surface area contributed by atoms with E-state index in [1.165, 1.54) is 0 Å². The van der Waals surface area contributed by atoms with Gasteiger partial charge in [0.05, 0.1) is 22.8 Å². The Labute approximate surface area is 157 Å². The SMILES string of the molecule is C1=Cc2cc3ccc(cc4ccc(cc5nc(cc1n2)C=C5)[nH]4)[nH]3.[Ru+2]. The van der Waals surface area contributed by atoms with Crippen LogP contribution in [0.3, 0.4) is 0 Å². The summed E-state index contributed by atoms with van der Waals surface area (Å²) >= 11 is 0. The van der Waals surface area contributed by atoms with Gasteiger partial charge < -0.3 is 9.97 Å². The van der Waals surface area contributed by atoms with Crippen LogP contribution in [0.5, 0.6) is 0 Å². The van der Waals surface area contributed by atoms with Gasteiger partial charge in [0.1, 0.15) is 0 Å². The van der Waals surface area contributed by atoms with Gasteiger partial charge in [-0.1, -0.05) is 0 Å². The van der Waals surface area contributed by atoms with Gasteiger partial charge in [-0.15, -0.1) is 0 Å². The summed E-state index contributed by atoms with van der Waals surface area (Å²) in [6.07, 6.45) is 8.05. The monoisotopic (exact) mass is 412 g/mol. The van der Waals surface area contributed by atoms with E-state index in [-0.39, 0.29) is 19.5 Å². The van der Waals surface area contributed by atoms with E-state index in [1.54, 1.807) is 0 Å². The molecule has 0 saturated heterocycles. The Morgan fingerprint density at radius 2 is 0.840 bits per heavy atom. The number of nitrogens with zero attached hydrogens (tertiary/aromatic N) is 2. The zero-order chi connectivity index (χ0) is 15.9. The van der Waals surface area contributed by atoms with Crippen molar-refractivity contribution >= 4 is 46.4 Å². The summed E-state index contributed by atoms with van der Waals surface area (Å²) < 4.78 is 0. The molecule has 5 heteroatoms. The largest absolute Gasteiger partial charge is 2.00 e. The van der Waals surface area contributed by atoms with Crippen LogP contribution < -0.4 is 0 Å². The Morgan fingerprint density at radius 3 is 1.28 bits per heavy atom. The van der Waals surface area contributed by atoms with E-state index >= 15 is 0 Å². The average Bonchev–Trinajstić information content (AvgIpc) is 3.32. The average molecular weight is 411 g/mol. The van der Waals surface area contributed by atoms with Crippen LogP contribution in [-0.4, -0.2) is 19.9 Å². The van der Waals surface area contributed by atoms with Crippen LogP contribution in [0.25, 0.3) is 46.4 Å². The number of fused-ring (bicyclic) bond motifs is 8. The first-order valence-electron chi connectivity index (χ1n) is 7.85. The molecule has 120 valence electrons. The molecule has 0 atom stereocenters. The zero-order valence-corrected chi connectivity index (χ0v) is 14.9. The Kier molecular flexibility index (Phi) is 3.94. The second-order valence-corrected chi connectivity index (χ2v) is 5.91. The third-order valence-electron chi connectivity index (χ3n) is 4.04. The molecule has 2 N–H and O–H groups in total. The van der Waals surface area contributed by atoms with E-state index < -0.39 is 0 Å². The predicted molar refractivity (Wildman–Crippen MR) is 98.9 cm³/mol. The second kappa shape index (κ2) is 6.26. The maximum Gasteiger partial charge on any atom is 2.00 e. The Hall–Kier alpha value is -2.78. The van der Waals surface area contributed by atoms with Crippen LogP contribution in [0.15, 0.2) is 48.5 Å². The Morgan fingerprint density at radius 1 is 0.480 bits per heavy atom. The number of hydrogen-bond donors (Lipinski definition) is 2. The van der Waals surface area contributed by atoms with Gasteiger partial charge in [-0.05, 0) is 72.8 Å². The molecule has 0 radical (unpaired) electrons. The molecule has 0 amide bonds. The van der Waals surface area contributed by atoms with Gasteiger partial charge in [0.2, 0.25) is 0 Å². The van der Waals surface area contributed by atoms with Gasteiger partial charge >= 0.3 is 19.5 Å². The van der Waals surface area contributed by atoms with Crippen molar-refractivity contribution in [3.63, 3.8) is 0 Å². The van der Waals surface area contributed by atoms with Crippen molar-refractivity contribution in [2.24, 2.45) is 0 Å². The smallest absolute Gasteiger partial charge is 0.355 e. The van der Waals surface area contributed by atoms with Crippen LogP contribution in [0, 0.1) is 0 Å². The first kappa shape index (κ1) is 15.7. The molecule has 0 spiro atoms. The number of hydrogen-bond acceptors (Lipinski definition) is 2. The van der Waals surface area contributed by atoms with Crippen LogP contribution >= 0.6 is 0 Å². The fraction of sp³-hybridized carbons (Fsp3) is 0. The maximum absolute atomic E-state index is 4.62. The van der Waals surface area contributed by atoms with Crippen molar-refractivity contribution in [3.8, 4) is 0 Å². The maximum atomic E-state index is 4.62. The first-order chi connectivity index (χ1) is 11.8. The molecule has 0 aliphatic carbocycles.